The highest BCUT2D eigenvalue weighted by Crippen LogP contribution is 2.35. The van der Waals surface area contributed by atoms with Gasteiger partial charge in [0.15, 0.2) is 0 Å². The number of ketones is 2. The molecule has 0 amide bonds. The van der Waals surface area contributed by atoms with Crippen molar-refractivity contribution in [2.45, 2.75) is 46.5 Å². The van der Waals surface area contributed by atoms with Crippen molar-refractivity contribution in [1.29, 1.82) is 0 Å². The van der Waals surface area contributed by atoms with Crippen molar-refractivity contribution in [1.82, 2.24) is 0 Å². The van der Waals surface area contributed by atoms with E-state index in [1.165, 1.54) is 0 Å². The molecule has 1 unspecified atom stereocenters. The Bertz CT molecular complexity index is 396. The lowest BCUT2D eigenvalue weighted by Crippen LogP contribution is -2.42. The quantitative estimate of drug-likeness (QED) is 0.321. The van der Waals surface area contributed by atoms with E-state index < -0.39 is 5.92 Å². The topological polar surface area (TPSA) is 55.7 Å². The molecule has 1 aliphatic rings. The normalized spacial score (nSPS) is 24.3. The molecule has 0 aromatic heterocycles. The van der Waals surface area contributed by atoms with Crippen LogP contribution in [0.4, 0.5) is 0 Å². The van der Waals surface area contributed by atoms with Crippen molar-refractivity contribution in [2.75, 3.05) is 6.61 Å². The van der Waals surface area contributed by atoms with Crippen LogP contribution in [0.5, 0.6) is 0 Å². The predicted octanol–water partition coefficient (Wildman–Crippen LogP) is 2.92. The molecule has 19 heavy (non-hydrogen) atoms. The average molecular weight is 265 g/mol. The number of nitrogens with zero attached hydrogens (tertiary/aromatic N) is 1. The van der Waals surface area contributed by atoms with Crippen LogP contribution in [0.3, 0.4) is 0 Å². The molecule has 1 rings (SSSR count). The third-order valence-electron chi connectivity index (χ3n) is 3.16. The SMILES string of the molecule is C=CCON=C1CC(C)(C)CC(=O)C1C(=O)CCC. The van der Waals surface area contributed by atoms with Crippen LogP contribution in [0.25, 0.3) is 0 Å². The number of rotatable bonds is 6. The Balaban J connectivity index is 2.94. The Morgan fingerprint density at radius 2 is 2.21 bits per heavy atom. The van der Waals surface area contributed by atoms with Crippen LogP contribution in [0, 0.1) is 11.3 Å². The number of hydrogen-bond donors (Lipinski definition) is 0. The Kier molecular flexibility index (Phi) is 5.45. The Hall–Kier alpha value is -1.45. The highest BCUT2D eigenvalue weighted by Gasteiger charge is 2.41. The van der Waals surface area contributed by atoms with Gasteiger partial charge in [-0.05, 0) is 18.3 Å². The molecule has 1 fully saturated rings. The van der Waals surface area contributed by atoms with Crippen LogP contribution < -0.4 is 0 Å². The first-order chi connectivity index (χ1) is 8.91. The van der Waals surface area contributed by atoms with Gasteiger partial charge in [-0.3, -0.25) is 9.59 Å². The van der Waals surface area contributed by atoms with Gasteiger partial charge in [0.2, 0.25) is 0 Å². The summed E-state index contributed by atoms with van der Waals surface area (Å²) in [5.41, 5.74) is 0.415. The Morgan fingerprint density at radius 1 is 1.53 bits per heavy atom. The minimum atomic E-state index is -0.696. The van der Waals surface area contributed by atoms with Crippen LogP contribution in [-0.2, 0) is 14.4 Å². The van der Waals surface area contributed by atoms with Crippen molar-refractivity contribution < 1.29 is 14.4 Å². The Labute approximate surface area is 114 Å². The van der Waals surface area contributed by atoms with E-state index in [4.69, 9.17) is 4.84 Å². The van der Waals surface area contributed by atoms with Gasteiger partial charge in [-0.1, -0.05) is 38.6 Å². The van der Waals surface area contributed by atoms with Crippen LogP contribution >= 0.6 is 0 Å². The van der Waals surface area contributed by atoms with E-state index in [1.807, 2.05) is 20.8 Å². The standard InChI is InChI=1S/C15H23NO3/c1-5-7-12(17)14-11(16-19-8-6-2)9-15(3,4)10-13(14)18/h6,14H,2,5,7-10H2,1,3-4H3. The van der Waals surface area contributed by atoms with E-state index in [0.29, 0.717) is 25.0 Å². The molecule has 4 heteroatoms. The molecule has 0 radical (unpaired) electrons. The lowest BCUT2D eigenvalue weighted by Gasteiger charge is -2.33. The van der Waals surface area contributed by atoms with Crippen LogP contribution in [-0.4, -0.2) is 23.9 Å². The van der Waals surface area contributed by atoms with Gasteiger partial charge in [-0.2, -0.15) is 0 Å². The van der Waals surface area contributed by atoms with Gasteiger partial charge < -0.3 is 4.84 Å². The summed E-state index contributed by atoms with van der Waals surface area (Å²) in [6.45, 7) is 9.77. The van der Waals surface area contributed by atoms with Crippen molar-refractivity contribution >= 4 is 17.3 Å². The minimum absolute atomic E-state index is 0.0318. The largest absolute Gasteiger partial charge is 0.392 e. The molecule has 1 aliphatic carbocycles. The summed E-state index contributed by atoms with van der Waals surface area (Å²) in [4.78, 5) is 29.4. The number of hydrogen-bond acceptors (Lipinski definition) is 4. The molecule has 0 aromatic carbocycles. The second-order valence-corrected chi connectivity index (χ2v) is 5.80. The van der Waals surface area contributed by atoms with Crippen molar-refractivity contribution in [3.05, 3.63) is 12.7 Å². The van der Waals surface area contributed by atoms with Gasteiger partial charge in [-0.25, -0.2) is 0 Å². The molecule has 1 saturated carbocycles. The van der Waals surface area contributed by atoms with Crippen LogP contribution in [0.15, 0.2) is 17.8 Å². The van der Waals surface area contributed by atoms with Crippen molar-refractivity contribution in [3.63, 3.8) is 0 Å². The summed E-state index contributed by atoms with van der Waals surface area (Å²) in [6.07, 6.45) is 3.79. The third-order valence-corrected chi connectivity index (χ3v) is 3.16. The average Bonchev–Trinajstić information content (AvgIpc) is 2.27. The predicted molar refractivity (Wildman–Crippen MR) is 75.0 cm³/mol. The van der Waals surface area contributed by atoms with Crippen molar-refractivity contribution in [2.24, 2.45) is 16.5 Å². The van der Waals surface area contributed by atoms with E-state index >= 15 is 0 Å². The summed E-state index contributed by atoms with van der Waals surface area (Å²) >= 11 is 0. The summed E-state index contributed by atoms with van der Waals surface area (Å²) in [5, 5.41) is 4.01. The fraction of sp³-hybridized carbons (Fsp3) is 0.667. The number of carbonyl (C=O) groups is 2. The highest BCUT2D eigenvalue weighted by molar-refractivity contribution is 6.22. The van der Waals surface area contributed by atoms with E-state index in [0.717, 1.165) is 6.42 Å². The first-order valence-electron chi connectivity index (χ1n) is 6.76. The molecule has 0 heterocycles. The molecule has 0 N–H and O–H groups in total. The second-order valence-electron chi connectivity index (χ2n) is 5.80. The zero-order chi connectivity index (χ0) is 14.5. The van der Waals surface area contributed by atoms with Gasteiger partial charge in [0.1, 0.15) is 24.1 Å². The molecular formula is C15H23NO3. The van der Waals surface area contributed by atoms with Gasteiger partial charge in [-0.15, -0.1) is 0 Å². The van der Waals surface area contributed by atoms with Gasteiger partial charge >= 0.3 is 0 Å². The highest BCUT2D eigenvalue weighted by atomic mass is 16.6. The first kappa shape index (κ1) is 15.6. The van der Waals surface area contributed by atoms with Crippen LogP contribution in [0.1, 0.15) is 46.5 Å². The second kappa shape index (κ2) is 6.64. The lowest BCUT2D eigenvalue weighted by molar-refractivity contribution is -0.132. The fourth-order valence-electron chi connectivity index (χ4n) is 2.43. The van der Waals surface area contributed by atoms with Crippen molar-refractivity contribution in [3.8, 4) is 0 Å². The minimum Gasteiger partial charge on any atom is -0.392 e. The molecule has 0 aliphatic heterocycles. The van der Waals surface area contributed by atoms with Gasteiger partial charge in [0.25, 0.3) is 0 Å². The third kappa shape index (κ3) is 4.30. The molecule has 0 aromatic rings. The molecule has 0 bridgehead atoms. The summed E-state index contributed by atoms with van der Waals surface area (Å²) in [6, 6.07) is 0. The summed E-state index contributed by atoms with van der Waals surface area (Å²) < 4.78 is 0. The van der Waals surface area contributed by atoms with Gasteiger partial charge in [0.05, 0.1) is 5.71 Å². The monoisotopic (exact) mass is 265 g/mol. The number of carbonyl (C=O) groups excluding carboxylic acids is 2. The summed E-state index contributed by atoms with van der Waals surface area (Å²) in [5.74, 6) is -0.766. The maximum Gasteiger partial charge on any atom is 0.149 e. The molecular weight excluding hydrogens is 242 g/mol. The van der Waals surface area contributed by atoms with E-state index in [-0.39, 0.29) is 23.6 Å². The Morgan fingerprint density at radius 3 is 2.79 bits per heavy atom. The molecule has 1 atom stereocenters. The van der Waals surface area contributed by atoms with E-state index in [9.17, 15) is 9.59 Å². The van der Waals surface area contributed by atoms with E-state index in [1.54, 1.807) is 6.08 Å². The maximum absolute atomic E-state index is 12.2. The lowest BCUT2D eigenvalue weighted by atomic mass is 9.69. The molecule has 0 spiro atoms. The first-order valence-corrected chi connectivity index (χ1v) is 6.76. The van der Waals surface area contributed by atoms with Gasteiger partial charge in [0, 0.05) is 12.8 Å². The molecule has 4 nitrogen and oxygen atoms in total. The number of oxime groups is 1. The smallest absolute Gasteiger partial charge is 0.149 e. The summed E-state index contributed by atoms with van der Waals surface area (Å²) in [7, 11) is 0. The number of Topliss-reactive ketones (excluding diaryl/α,β-unsaturated/α-hetero) is 2. The zero-order valence-corrected chi connectivity index (χ0v) is 12.1. The van der Waals surface area contributed by atoms with Crippen LogP contribution in [0.2, 0.25) is 0 Å². The fourth-order valence-corrected chi connectivity index (χ4v) is 2.43. The maximum atomic E-state index is 12.2. The zero-order valence-electron chi connectivity index (χ0n) is 12.1. The molecule has 0 saturated heterocycles. The van der Waals surface area contributed by atoms with E-state index in [2.05, 4.69) is 11.7 Å². The molecule has 106 valence electrons.